The van der Waals surface area contributed by atoms with Crippen LogP contribution in [0.4, 0.5) is 0 Å². The van der Waals surface area contributed by atoms with Crippen LogP contribution in [0.2, 0.25) is 0 Å². The molecule has 12 nitrogen and oxygen atoms in total. The van der Waals surface area contributed by atoms with Gasteiger partial charge in [-0.05, 0) is 33.6 Å². The molecule has 0 aliphatic heterocycles. The summed E-state index contributed by atoms with van der Waals surface area (Å²) in [6.07, 6.45) is 5.90. The van der Waals surface area contributed by atoms with Crippen molar-refractivity contribution >= 4 is 24.7 Å². The molecule has 14 heteroatoms. The normalized spacial score (nSPS) is 13.5. The first-order valence-electron chi connectivity index (χ1n) is 14.6. The van der Waals surface area contributed by atoms with Crippen molar-refractivity contribution in [2.75, 3.05) is 72.6 Å². The molecule has 1 aromatic rings. The van der Waals surface area contributed by atoms with Crippen molar-refractivity contribution in [1.29, 1.82) is 0 Å². The highest BCUT2D eigenvalue weighted by Gasteiger charge is 2.21. The van der Waals surface area contributed by atoms with Crippen molar-refractivity contribution in [3.05, 3.63) is 11.9 Å². The zero-order valence-electron chi connectivity index (χ0n) is 25.7. The molecule has 1 rings (SSSR count). The Hall–Kier alpha value is -1.05. The van der Waals surface area contributed by atoms with E-state index in [1.807, 2.05) is 24.7 Å². The van der Waals surface area contributed by atoms with Crippen molar-refractivity contribution in [1.82, 2.24) is 20.3 Å². The molecule has 0 aliphatic carbocycles. The largest absolute Gasteiger partial charge is 0.379 e. The molecule has 41 heavy (non-hydrogen) atoms. The summed E-state index contributed by atoms with van der Waals surface area (Å²) in [4.78, 5) is 11.9. The molecule has 1 amide bonds. The average molecular weight is 625 g/mol. The number of thiol groups is 1. The van der Waals surface area contributed by atoms with Gasteiger partial charge in [0.05, 0.1) is 84.4 Å². The molecule has 240 valence electrons. The Balaban J connectivity index is 1.78. The number of carbonyl (C=O) groups excluding carboxylic acids is 1. The standard InChI is InChI=1S/C27H53N4O8PS/c1-24(2)40(33,41)39-12-9-7-6-8-11-28-26(32)10-13-34-14-15-35-16-17-36-18-19-37-20-21-38-23-25-22-31(30-29-25)27(3,4)5/h22,24H,6-21,23H2,1-5H3,(H,28,32)(H,33,41). The number of rotatable bonds is 26. The predicted molar refractivity (Wildman–Crippen MR) is 162 cm³/mol. The lowest BCUT2D eigenvalue weighted by Gasteiger charge is -2.17. The number of carbonyl (C=O) groups is 1. The van der Waals surface area contributed by atoms with Crippen molar-refractivity contribution < 1.29 is 37.6 Å². The van der Waals surface area contributed by atoms with Crippen LogP contribution in [-0.4, -0.2) is 99.2 Å². The van der Waals surface area contributed by atoms with Gasteiger partial charge in [0.1, 0.15) is 5.69 Å². The first kappa shape index (κ1) is 38.0. The Labute approximate surface area is 251 Å². The molecule has 0 saturated carbocycles. The fourth-order valence-corrected chi connectivity index (χ4v) is 4.09. The van der Waals surface area contributed by atoms with Gasteiger partial charge in [0, 0.05) is 18.6 Å². The van der Waals surface area contributed by atoms with E-state index in [0.717, 1.165) is 31.4 Å². The third kappa shape index (κ3) is 20.5. The van der Waals surface area contributed by atoms with Crippen LogP contribution in [-0.2, 0) is 49.7 Å². The second-order valence-corrected chi connectivity index (χ2v) is 14.9. The minimum atomic E-state index is -2.78. The maximum atomic E-state index is 12.0. The fraction of sp³-hybridized carbons (Fsp3) is 0.889. The number of ether oxygens (including phenoxy) is 5. The molecule has 1 heterocycles. The minimum absolute atomic E-state index is 0.0190. The highest BCUT2D eigenvalue weighted by molar-refractivity contribution is 8.46. The first-order valence-corrected chi connectivity index (χ1v) is 17.4. The number of nitrogens with zero attached hydrogens (tertiary/aromatic N) is 3. The van der Waals surface area contributed by atoms with Crippen LogP contribution in [0.3, 0.4) is 0 Å². The molecule has 0 aromatic carbocycles. The van der Waals surface area contributed by atoms with Crippen molar-refractivity contribution in [2.45, 2.75) is 84.5 Å². The third-order valence-electron chi connectivity index (χ3n) is 5.76. The minimum Gasteiger partial charge on any atom is -0.379 e. The van der Waals surface area contributed by atoms with Gasteiger partial charge in [-0.2, -0.15) is 0 Å². The number of nitrogens with one attached hydrogen (secondary N) is 1. The smallest absolute Gasteiger partial charge is 0.257 e. The molecular weight excluding hydrogens is 571 g/mol. The van der Waals surface area contributed by atoms with Crippen LogP contribution in [0.25, 0.3) is 0 Å². The lowest BCUT2D eigenvalue weighted by atomic mass is 10.1. The third-order valence-corrected chi connectivity index (χ3v) is 9.35. The quantitative estimate of drug-likeness (QED) is 0.0877. The molecule has 1 N–H and O–H groups in total. The van der Waals surface area contributed by atoms with E-state index < -0.39 is 6.57 Å². The molecule has 0 bridgehead atoms. The van der Waals surface area contributed by atoms with Gasteiger partial charge in [-0.1, -0.05) is 44.2 Å². The molecule has 0 fully saturated rings. The van der Waals surface area contributed by atoms with E-state index in [1.165, 1.54) is 0 Å². The van der Waals surface area contributed by atoms with Gasteiger partial charge in [-0.15, -0.1) is 5.10 Å². The highest BCUT2D eigenvalue weighted by Crippen LogP contribution is 2.56. The van der Waals surface area contributed by atoms with Crippen LogP contribution in [0.1, 0.15) is 72.4 Å². The van der Waals surface area contributed by atoms with Crippen molar-refractivity contribution in [3.63, 3.8) is 0 Å². The average Bonchev–Trinajstić information content (AvgIpc) is 3.39. The summed E-state index contributed by atoms with van der Waals surface area (Å²) in [6.45, 7) is 12.8. The lowest BCUT2D eigenvalue weighted by molar-refractivity contribution is -0.122. The summed E-state index contributed by atoms with van der Waals surface area (Å²) < 4.78 is 46.6. The van der Waals surface area contributed by atoms with Gasteiger partial charge in [-0.3, -0.25) is 9.36 Å². The topological polar surface area (TPSA) is 132 Å². The van der Waals surface area contributed by atoms with Gasteiger partial charge in [0.15, 0.2) is 0 Å². The Kier molecular flexibility index (Phi) is 20.8. The van der Waals surface area contributed by atoms with Crippen LogP contribution in [0.5, 0.6) is 0 Å². The van der Waals surface area contributed by atoms with Gasteiger partial charge in [0.25, 0.3) is 6.57 Å². The number of unbranched alkanes of at least 4 members (excludes halogenated alkanes) is 3. The van der Waals surface area contributed by atoms with Gasteiger partial charge < -0.3 is 33.5 Å². The van der Waals surface area contributed by atoms with E-state index in [0.29, 0.717) is 85.6 Å². The molecule has 0 saturated heterocycles. The van der Waals surface area contributed by atoms with Crippen molar-refractivity contribution in [2.24, 2.45) is 0 Å². The number of hydrogen-bond acceptors (Lipinski definition) is 10. The predicted octanol–water partition coefficient (Wildman–Crippen LogP) is 4.23. The van der Waals surface area contributed by atoms with E-state index in [-0.39, 0.29) is 17.1 Å². The molecule has 0 radical (unpaired) electrons. The van der Waals surface area contributed by atoms with Gasteiger partial charge in [-0.25, -0.2) is 4.68 Å². The Morgan fingerprint density at radius 3 is 1.95 bits per heavy atom. The zero-order valence-corrected chi connectivity index (χ0v) is 27.5. The molecule has 0 spiro atoms. The van der Waals surface area contributed by atoms with Crippen LogP contribution >= 0.6 is 18.8 Å². The summed E-state index contributed by atoms with van der Waals surface area (Å²) in [6, 6.07) is 0. The van der Waals surface area contributed by atoms with Crippen LogP contribution in [0.15, 0.2) is 6.20 Å². The zero-order chi connectivity index (χ0) is 30.4. The Bertz CT molecular complexity index is 854. The lowest BCUT2D eigenvalue weighted by Crippen LogP contribution is -2.25. The van der Waals surface area contributed by atoms with Gasteiger partial charge in [0.2, 0.25) is 5.91 Å². The molecule has 1 unspecified atom stereocenters. The summed E-state index contributed by atoms with van der Waals surface area (Å²) in [5, 5.41) is 11.1. The SMILES string of the molecule is CC(C)P(=O)(S)OCCCCCCNC(=O)CCOCCOCCOCCOCCOCc1cn(C(C)(C)C)nn1. The van der Waals surface area contributed by atoms with E-state index in [2.05, 4.69) is 48.6 Å². The van der Waals surface area contributed by atoms with Gasteiger partial charge >= 0.3 is 0 Å². The second kappa shape index (κ2) is 22.5. The second-order valence-electron chi connectivity index (χ2n) is 10.8. The van der Waals surface area contributed by atoms with E-state index in [9.17, 15) is 9.36 Å². The number of aromatic nitrogens is 3. The Morgan fingerprint density at radius 2 is 1.41 bits per heavy atom. The molecule has 1 aromatic heterocycles. The first-order chi connectivity index (χ1) is 19.5. The Morgan fingerprint density at radius 1 is 0.878 bits per heavy atom. The van der Waals surface area contributed by atoms with Crippen LogP contribution in [0, 0.1) is 0 Å². The number of hydrogen-bond donors (Lipinski definition) is 2. The molecule has 0 aliphatic rings. The van der Waals surface area contributed by atoms with E-state index >= 15 is 0 Å². The van der Waals surface area contributed by atoms with Crippen LogP contribution < -0.4 is 5.32 Å². The summed E-state index contributed by atoms with van der Waals surface area (Å²) in [5.74, 6) is -0.0190. The highest BCUT2D eigenvalue weighted by atomic mass is 32.7. The number of amides is 1. The van der Waals surface area contributed by atoms with E-state index in [4.69, 9.17) is 28.2 Å². The van der Waals surface area contributed by atoms with E-state index in [1.54, 1.807) is 0 Å². The summed E-state index contributed by atoms with van der Waals surface area (Å²) in [5.41, 5.74) is 0.626. The maximum absolute atomic E-state index is 12.0. The van der Waals surface area contributed by atoms with Crippen molar-refractivity contribution in [3.8, 4) is 0 Å². The molecular formula is C27H53N4O8PS. The monoisotopic (exact) mass is 624 g/mol. The maximum Gasteiger partial charge on any atom is 0.257 e. The fourth-order valence-electron chi connectivity index (χ4n) is 3.15. The summed E-state index contributed by atoms with van der Waals surface area (Å²) >= 11 is 4.11. The summed E-state index contributed by atoms with van der Waals surface area (Å²) in [7, 11) is 0. The molecule has 1 atom stereocenters.